The van der Waals surface area contributed by atoms with Gasteiger partial charge in [-0.3, -0.25) is 9.59 Å². The zero-order chi connectivity index (χ0) is 15.0. The number of hydrogen-bond donors (Lipinski definition) is 2. The summed E-state index contributed by atoms with van der Waals surface area (Å²) in [5, 5.41) is 6.15. The molecule has 1 aromatic rings. The van der Waals surface area contributed by atoms with Gasteiger partial charge in [0.15, 0.2) is 0 Å². The number of carbonyl (C=O) groups is 2. The fourth-order valence-corrected chi connectivity index (χ4v) is 3.10. The quantitative estimate of drug-likeness (QED) is 0.814. The normalized spacial score (nSPS) is 23.8. The van der Waals surface area contributed by atoms with Gasteiger partial charge < -0.3 is 15.5 Å². The summed E-state index contributed by atoms with van der Waals surface area (Å²) in [6.07, 6.45) is 1.66. The van der Waals surface area contributed by atoms with E-state index < -0.39 is 5.54 Å². The van der Waals surface area contributed by atoms with Gasteiger partial charge in [0.1, 0.15) is 11.6 Å². The highest BCUT2D eigenvalue weighted by molar-refractivity contribution is 5.94. The average Bonchev–Trinajstić information content (AvgIpc) is 2.49. The van der Waals surface area contributed by atoms with E-state index in [2.05, 4.69) is 16.7 Å². The summed E-state index contributed by atoms with van der Waals surface area (Å²) >= 11 is 0. The molecule has 2 aliphatic rings. The summed E-state index contributed by atoms with van der Waals surface area (Å²) in [4.78, 5) is 26.5. The van der Waals surface area contributed by atoms with Crippen LogP contribution in [0.1, 0.15) is 25.8 Å². The SMILES string of the molecule is CC1(C)C(=O)NCCN1C(=O)C1CCc2ccccc2N1. The van der Waals surface area contributed by atoms with Gasteiger partial charge >= 0.3 is 0 Å². The molecule has 0 bridgehead atoms. The van der Waals surface area contributed by atoms with Gasteiger partial charge in [0, 0.05) is 18.8 Å². The van der Waals surface area contributed by atoms with E-state index >= 15 is 0 Å². The first kappa shape index (κ1) is 13.9. The second-order valence-corrected chi connectivity index (χ2v) is 6.20. The Labute approximate surface area is 124 Å². The van der Waals surface area contributed by atoms with Gasteiger partial charge in [-0.2, -0.15) is 0 Å². The number of nitrogens with zero attached hydrogens (tertiary/aromatic N) is 1. The molecular weight excluding hydrogens is 266 g/mol. The Morgan fingerprint density at radius 3 is 2.90 bits per heavy atom. The van der Waals surface area contributed by atoms with Gasteiger partial charge in [-0.05, 0) is 38.3 Å². The largest absolute Gasteiger partial charge is 0.373 e. The van der Waals surface area contributed by atoms with Crippen molar-refractivity contribution < 1.29 is 9.59 Å². The van der Waals surface area contributed by atoms with Crippen LogP contribution in [0.4, 0.5) is 5.69 Å². The smallest absolute Gasteiger partial charge is 0.246 e. The maximum atomic E-state index is 12.8. The highest BCUT2D eigenvalue weighted by Gasteiger charge is 2.42. The molecule has 3 rings (SSSR count). The Morgan fingerprint density at radius 1 is 1.33 bits per heavy atom. The molecule has 5 nitrogen and oxygen atoms in total. The number of piperazine rings is 1. The maximum absolute atomic E-state index is 12.8. The molecule has 0 spiro atoms. The summed E-state index contributed by atoms with van der Waals surface area (Å²) in [6.45, 7) is 4.70. The van der Waals surface area contributed by atoms with E-state index in [0.29, 0.717) is 13.1 Å². The van der Waals surface area contributed by atoms with Crippen molar-refractivity contribution in [2.24, 2.45) is 0 Å². The third-order valence-electron chi connectivity index (χ3n) is 4.47. The van der Waals surface area contributed by atoms with Crippen molar-refractivity contribution in [3.63, 3.8) is 0 Å². The van der Waals surface area contributed by atoms with Crippen molar-refractivity contribution >= 4 is 17.5 Å². The number of hydrogen-bond acceptors (Lipinski definition) is 3. The van der Waals surface area contributed by atoms with Crippen LogP contribution in [0.25, 0.3) is 0 Å². The van der Waals surface area contributed by atoms with E-state index in [-0.39, 0.29) is 17.9 Å². The number of para-hydroxylation sites is 1. The highest BCUT2D eigenvalue weighted by atomic mass is 16.2. The van der Waals surface area contributed by atoms with Crippen LogP contribution >= 0.6 is 0 Å². The van der Waals surface area contributed by atoms with Crippen LogP contribution in [0, 0.1) is 0 Å². The fourth-order valence-electron chi connectivity index (χ4n) is 3.10. The second kappa shape index (κ2) is 5.06. The first-order valence-corrected chi connectivity index (χ1v) is 7.44. The third-order valence-corrected chi connectivity index (χ3v) is 4.47. The molecule has 0 aliphatic carbocycles. The van der Waals surface area contributed by atoms with Gasteiger partial charge in [-0.25, -0.2) is 0 Å². The van der Waals surface area contributed by atoms with Crippen LogP contribution in [0.3, 0.4) is 0 Å². The van der Waals surface area contributed by atoms with Crippen LogP contribution < -0.4 is 10.6 Å². The zero-order valence-corrected chi connectivity index (χ0v) is 12.5. The van der Waals surface area contributed by atoms with E-state index in [1.165, 1.54) is 5.56 Å². The lowest BCUT2D eigenvalue weighted by Gasteiger charge is -2.43. The topological polar surface area (TPSA) is 61.4 Å². The Bertz CT molecular complexity index is 583. The van der Waals surface area contributed by atoms with Gasteiger partial charge in [-0.1, -0.05) is 18.2 Å². The third kappa shape index (κ3) is 2.37. The average molecular weight is 287 g/mol. The minimum atomic E-state index is -0.784. The van der Waals surface area contributed by atoms with E-state index in [4.69, 9.17) is 0 Å². The van der Waals surface area contributed by atoms with Crippen molar-refractivity contribution in [1.82, 2.24) is 10.2 Å². The van der Waals surface area contributed by atoms with Crippen molar-refractivity contribution in [1.29, 1.82) is 0 Å². The number of amides is 2. The number of aryl methyl sites for hydroxylation is 1. The lowest BCUT2D eigenvalue weighted by Crippen LogP contribution is -2.65. The number of benzene rings is 1. The molecule has 1 fully saturated rings. The molecule has 2 amide bonds. The number of rotatable bonds is 1. The molecule has 1 unspecified atom stereocenters. The molecular formula is C16H21N3O2. The Hall–Kier alpha value is -2.04. The second-order valence-electron chi connectivity index (χ2n) is 6.20. The molecule has 2 heterocycles. The van der Waals surface area contributed by atoms with Crippen molar-refractivity contribution in [3.8, 4) is 0 Å². The highest BCUT2D eigenvalue weighted by Crippen LogP contribution is 2.27. The molecule has 0 saturated carbocycles. The first-order valence-electron chi connectivity index (χ1n) is 7.44. The van der Waals surface area contributed by atoms with Gasteiger partial charge in [0.2, 0.25) is 11.8 Å². The standard InChI is InChI=1S/C16H21N3O2/c1-16(2)15(21)17-9-10-19(16)14(20)13-8-7-11-5-3-4-6-12(11)18-13/h3-6,13,18H,7-10H2,1-2H3,(H,17,21). The summed E-state index contributed by atoms with van der Waals surface area (Å²) in [6, 6.07) is 7.83. The Morgan fingerprint density at radius 2 is 2.10 bits per heavy atom. The molecule has 1 aromatic carbocycles. The molecule has 0 radical (unpaired) electrons. The predicted octanol–water partition coefficient (Wildman–Crippen LogP) is 1.15. The van der Waals surface area contributed by atoms with E-state index in [1.54, 1.807) is 18.7 Å². The molecule has 2 N–H and O–H groups in total. The number of anilines is 1. The van der Waals surface area contributed by atoms with E-state index in [0.717, 1.165) is 18.5 Å². The lowest BCUT2D eigenvalue weighted by molar-refractivity contribution is -0.149. The molecule has 2 aliphatic heterocycles. The maximum Gasteiger partial charge on any atom is 0.246 e. The van der Waals surface area contributed by atoms with Crippen LogP contribution in [0.15, 0.2) is 24.3 Å². The zero-order valence-electron chi connectivity index (χ0n) is 12.5. The van der Waals surface area contributed by atoms with E-state index in [1.807, 2.05) is 18.2 Å². The molecule has 5 heteroatoms. The fraction of sp³-hybridized carbons (Fsp3) is 0.500. The summed E-state index contributed by atoms with van der Waals surface area (Å²) in [5.41, 5.74) is 1.49. The van der Waals surface area contributed by atoms with Crippen molar-refractivity contribution in [2.75, 3.05) is 18.4 Å². The van der Waals surface area contributed by atoms with Gasteiger partial charge in [0.25, 0.3) is 0 Å². The monoisotopic (exact) mass is 287 g/mol. The number of nitrogens with one attached hydrogen (secondary N) is 2. The molecule has 1 saturated heterocycles. The predicted molar refractivity (Wildman–Crippen MR) is 81.0 cm³/mol. The molecule has 1 atom stereocenters. The molecule has 21 heavy (non-hydrogen) atoms. The Balaban J connectivity index is 1.79. The van der Waals surface area contributed by atoms with Crippen LogP contribution in [-0.4, -0.2) is 41.4 Å². The van der Waals surface area contributed by atoms with Gasteiger partial charge in [-0.15, -0.1) is 0 Å². The number of fused-ring (bicyclic) bond motifs is 1. The van der Waals surface area contributed by atoms with Crippen LogP contribution in [0.5, 0.6) is 0 Å². The van der Waals surface area contributed by atoms with Gasteiger partial charge in [0.05, 0.1) is 0 Å². The van der Waals surface area contributed by atoms with Crippen LogP contribution in [0.2, 0.25) is 0 Å². The minimum absolute atomic E-state index is 0.0179. The van der Waals surface area contributed by atoms with E-state index in [9.17, 15) is 9.59 Å². The number of carbonyl (C=O) groups excluding carboxylic acids is 2. The molecule has 112 valence electrons. The summed E-state index contributed by atoms with van der Waals surface area (Å²) in [5.74, 6) is -0.0670. The van der Waals surface area contributed by atoms with Crippen molar-refractivity contribution in [2.45, 2.75) is 38.3 Å². The van der Waals surface area contributed by atoms with Crippen LogP contribution in [-0.2, 0) is 16.0 Å². The summed E-state index contributed by atoms with van der Waals surface area (Å²) in [7, 11) is 0. The first-order chi connectivity index (χ1) is 10.00. The summed E-state index contributed by atoms with van der Waals surface area (Å²) < 4.78 is 0. The minimum Gasteiger partial charge on any atom is -0.373 e. The van der Waals surface area contributed by atoms with Crippen molar-refractivity contribution in [3.05, 3.63) is 29.8 Å². The Kier molecular flexibility index (Phi) is 3.35. The molecule has 0 aromatic heterocycles. The lowest BCUT2D eigenvalue weighted by atomic mass is 9.93.